The molecule has 0 saturated heterocycles. The summed E-state index contributed by atoms with van der Waals surface area (Å²) in [6, 6.07) is 18.1. The van der Waals surface area contributed by atoms with Crippen molar-refractivity contribution >= 4 is 11.5 Å². The maximum atomic E-state index is 10.3. The Kier molecular flexibility index (Phi) is 5.77. The lowest BCUT2D eigenvalue weighted by Crippen LogP contribution is -2.36. The summed E-state index contributed by atoms with van der Waals surface area (Å²) in [5, 5.41) is 10.3. The van der Waals surface area contributed by atoms with Gasteiger partial charge in [0.05, 0.1) is 5.70 Å². The first kappa shape index (κ1) is 18.2. The van der Waals surface area contributed by atoms with Crippen molar-refractivity contribution in [1.82, 2.24) is 4.90 Å². The molecule has 1 heterocycles. The highest BCUT2D eigenvalue weighted by Crippen LogP contribution is 2.33. The molecule has 0 aromatic heterocycles. The van der Waals surface area contributed by atoms with Crippen LogP contribution in [0.15, 0.2) is 65.2 Å². The highest BCUT2D eigenvalue weighted by molar-refractivity contribution is 5.90. The summed E-state index contributed by atoms with van der Waals surface area (Å²) in [4.78, 5) is 7.26. The third-order valence-electron chi connectivity index (χ3n) is 4.75. The van der Waals surface area contributed by atoms with Gasteiger partial charge >= 0.3 is 0 Å². The minimum atomic E-state index is 0.300. The fourth-order valence-corrected chi connectivity index (χ4v) is 3.43. The minimum Gasteiger partial charge on any atom is -0.507 e. The highest BCUT2D eigenvalue weighted by atomic mass is 16.3. The molecule has 1 N–H and O–H groups in total. The molecule has 3 nitrogen and oxygen atoms in total. The number of phenolic OH excluding ortho intramolecular Hbond substituents is 1. The van der Waals surface area contributed by atoms with Crippen LogP contribution < -0.4 is 0 Å². The van der Waals surface area contributed by atoms with E-state index in [9.17, 15) is 5.11 Å². The molecule has 2 aromatic rings. The molecule has 0 atom stereocenters. The van der Waals surface area contributed by atoms with Crippen molar-refractivity contribution in [2.45, 2.75) is 33.6 Å². The lowest BCUT2D eigenvalue weighted by Gasteiger charge is -2.32. The van der Waals surface area contributed by atoms with E-state index in [4.69, 9.17) is 4.99 Å². The largest absolute Gasteiger partial charge is 0.507 e. The Morgan fingerprint density at radius 2 is 1.69 bits per heavy atom. The zero-order valence-corrected chi connectivity index (χ0v) is 15.9. The molecule has 0 fully saturated rings. The van der Waals surface area contributed by atoms with Crippen molar-refractivity contribution in [2.24, 2.45) is 10.9 Å². The van der Waals surface area contributed by atoms with Gasteiger partial charge in [0.1, 0.15) is 11.6 Å². The number of nitrogens with zero attached hydrogens (tertiary/aromatic N) is 2. The van der Waals surface area contributed by atoms with Gasteiger partial charge in [-0.15, -0.1) is 0 Å². The first-order chi connectivity index (χ1) is 12.5. The zero-order valence-electron chi connectivity index (χ0n) is 15.9. The van der Waals surface area contributed by atoms with E-state index in [0.29, 0.717) is 11.7 Å². The molecule has 0 unspecified atom stereocenters. The second kappa shape index (κ2) is 8.22. The van der Waals surface area contributed by atoms with Crippen LogP contribution in [0, 0.1) is 5.92 Å². The number of para-hydroxylation sites is 1. The van der Waals surface area contributed by atoms with Crippen LogP contribution in [0.4, 0.5) is 0 Å². The molecule has 0 radical (unpaired) electrons. The van der Waals surface area contributed by atoms with Gasteiger partial charge in [0.25, 0.3) is 0 Å². The van der Waals surface area contributed by atoms with Gasteiger partial charge in [-0.3, -0.25) is 0 Å². The van der Waals surface area contributed by atoms with Crippen LogP contribution >= 0.6 is 0 Å². The van der Waals surface area contributed by atoms with Gasteiger partial charge in [-0.1, -0.05) is 56.3 Å². The third-order valence-corrected chi connectivity index (χ3v) is 4.75. The number of aliphatic imine (C=N–C) groups is 1. The molecule has 2 aromatic carbocycles. The van der Waals surface area contributed by atoms with Crippen molar-refractivity contribution < 1.29 is 5.11 Å². The summed E-state index contributed by atoms with van der Waals surface area (Å²) in [7, 11) is 0. The van der Waals surface area contributed by atoms with Crippen LogP contribution in [-0.4, -0.2) is 28.9 Å². The number of phenols is 1. The Hall–Kier alpha value is -2.55. The van der Waals surface area contributed by atoms with Gasteiger partial charge < -0.3 is 10.0 Å². The quantitative estimate of drug-likeness (QED) is 0.786. The van der Waals surface area contributed by atoms with Crippen LogP contribution in [0.1, 0.15) is 38.3 Å². The van der Waals surface area contributed by atoms with E-state index in [1.165, 1.54) is 11.1 Å². The minimum absolute atomic E-state index is 0.300. The molecule has 1 aliphatic heterocycles. The summed E-state index contributed by atoms with van der Waals surface area (Å²) >= 11 is 0. The second-order valence-corrected chi connectivity index (χ2v) is 7.39. The van der Waals surface area contributed by atoms with E-state index >= 15 is 0 Å². The maximum absolute atomic E-state index is 10.3. The van der Waals surface area contributed by atoms with Crippen LogP contribution in [-0.2, 0) is 6.42 Å². The SMILES string of the molecule is CC1=NC(c2ccccc2O)=C(CCc2ccccc2)CN1CC(C)C. The maximum Gasteiger partial charge on any atom is 0.124 e. The van der Waals surface area contributed by atoms with E-state index < -0.39 is 0 Å². The van der Waals surface area contributed by atoms with Crippen molar-refractivity contribution in [3.05, 3.63) is 71.3 Å². The fraction of sp³-hybridized carbons (Fsp3) is 0.348. The number of amidine groups is 1. The molecule has 1 aliphatic rings. The summed E-state index contributed by atoms with van der Waals surface area (Å²) in [5.41, 5.74) is 4.40. The van der Waals surface area contributed by atoms with Crippen molar-refractivity contribution in [3.63, 3.8) is 0 Å². The molecule has 3 rings (SSSR count). The second-order valence-electron chi connectivity index (χ2n) is 7.39. The Morgan fingerprint density at radius 3 is 2.38 bits per heavy atom. The molecule has 26 heavy (non-hydrogen) atoms. The zero-order chi connectivity index (χ0) is 18.5. The van der Waals surface area contributed by atoms with E-state index in [-0.39, 0.29) is 0 Å². The first-order valence-corrected chi connectivity index (χ1v) is 9.39. The van der Waals surface area contributed by atoms with Gasteiger partial charge in [0, 0.05) is 18.7 Å². The summed E-state index contributed by atoms with van der Waals surface area (Å²) in [6.07, 6.45) is 1.93. The Morgan fingerprint density at radius 1 is 1.00 bits per heavy atom. The lowest BCUT2D eigenvalue weighted by atomic mass is 9.97. The van der Waals surface area contributed by atoms with Crippen molar-refractivity contribution in [2.75, 3.05) is 13.1 Å². The number of rotatable bonds is 6. The Balaban J connectivity index is 1.93. The third kappa shape index (κ3) is 4.34. The monoisotopic (exact) mass is 348 g/mol. The normalized spacial score (nSPS) is 14.8. The predicted molar refractivity (Wildman–Crippen MR) is 109 cm³/mol. The number of aryl methyl sites for hydroxylation is 1. The summed E-state index contributed by atoms with van der Waals surface area (Å²) in [6.45, 7) is 8.41. The standard InChI is InChI=1S/C23H28N2O/c1-17(2)15-25-16-20(14-13-19-9-5-4-6-10-19)23(24-18(25)3)21-11-7-8-12-22(21)26/h4-12,17,26H,13-16H2,1-3H3. The van der Waals surface area contributed by atoms with Crippen LogP contribution in [0.3, 0.4) is 0 Å². The molecular weight excluding hydrogens is 320 g/mol. The first-order valence-electron chi connectivity index (χ1n) is 9.39. The topological polar surface area (TPSA) is 35.8 Å². The predicted octanol–water partition coefficient (Wildman–Crippen LogP) is 5.13. The van der Waals surface area contributed by atoms with Crippen LogP contribution in [0.2, 0.25) is 0 Å². The van der Waals surface area contributed by atoms with E-state index in [1.54, 1.807) is 6.07 Å². The summed E-state index contributed by atoms with van der Waals surface area (Å²) < 4.78 is 0. The number of hydrogen-bond donors (Lipinski definition) is 1. The number of hydrogen-bond acceptors (Lipinski definition) is 3. The van der Waals surface area contributed by atoms with Crippen LogP contribution in [0.25, 0.3) is 5.70 Å². The Labute approximate surface area is 156 Å². The molecule has 3 heteroatoms. The van der Waals surface area contributed by atoms with E-state index in [1.807, 2.05) is 18.2 Å². The molecule has 136 valence electrons. The van der Waals surface area contributed by atoms with Crippen molar-refractivity contribution in [3.8, 4) is 5.75 Å². The molecule has 0 spiro atoms. The Bertz CT molecular complexity index is 806. The van der Waals surface area contributed by atoms with Gasteiger partial charge in [0.2, 0.25) is 0 Å². The smallest absolute Gasteiger partial charge is 0.124 e. The number of aromatic hydroxyl groups is 1. The van der Waals surface area contributed by atoms with Crippen LogP contribution in [0.5, 0.6) is 5.75 Å². The van der Waals surface area contributed by atoms with Gasteiger partial charge in [-0.2, -0.15) is 0 Å². The molecule has 0 saturated carbocycles. The average Bonchev–Trinajstić information content (AvgIpc) is 2.63. The van der Waals surface area contributed by atoms with Gasteiger partial charge in [-0.25, -0.2) is 4.99 Å². The molecule has 0 bridgehead atoms. The average molecular weight is 348 g/mol. The van der Waals surface area contributed by atoms with Crippen molar-refractivity contribution in [1.29, 1.82) is 0 Å². The van der Waals surface area contributed by atoms with Gasteiger partial charge in [-0.05, 0) is 49.0 Å². The summed E-state index contributed by atoms with van der Waals surface area (Å²) in [5.74, 6) is 1.91. The highest BCUT2D eigenvalue weighted by Gasteiger charge is 2.22. The number of benzene rings is 2. The fourth-order valence-electron chi connectivity index (χ4n) is 3.43. The molecular formula is C23H28N2O. The van der Waals surface area contributed by atoms with E-state index in [0.717, 1.165) is 43.0 Å². The lowest BCUT2D eigenvalue weighted by molar-refractivity contribution is 0.380. The molecule has 0 aliphatic carbocycles. The van der Waals surface area contributed by atoms with E-state index in [2.05, 4.69) is 56.0 Å². The molecule has 0 amide bonds. The van der Waals surface area contributed by atoms with Gasteiger partial charge in [0.15, 0.2) is 0 Å².